The maximum absolute atomic E-state index is 5.55. The summed E-state index contributed by atoms with van der Waals surface area (Å²) >= 11 is 3.32. The number of aromatic nitrogens is 2. The van der Waals surface area contributed by atoms with Gasteiger partial charge in [0.25, 0.3) is 0 Å². The van der Waals surface area contributed by atoms with Crippen LogP contribution in [0, 0.1) is 0 Å². The Morgan fingerprint density at radius 2 is 2.21 bits per heavy atom. The van der Waals surface area contributed by atoms with Gasteiger partial charge in [0, 0.05) is 10.7 Å². The lowest BCUT2D eigenvalue weighted by molar-refractivity contribution is 0.349. The average molecular weight is 253 g/mol. The average Bonchev–Trinajstić information content (AvgIpc) is 2.26. The monoisotopic (exact) mass is 252 g/mol. The summed E-state index contributed by atoms with van der Waals surface area (Å²) in [5.74, 6) is 0.858. The number of hydrogen-bond acceptors (Lipinski definition) is 3. The zero-order valence-electron chi connectivity index (χ0n) is 7.48. The molecule has 4 heteroatoms. The molecule has 0 unspecified atom stereocenters. The Morgan fingerprint density at radius 3 is 3.07 bits per heavy atom. The van der Waals surface area contributed by atoms with E-state index < -0.39 is 0 Å². The minimum atomic E-state index is 0.654. The highest BCUT2D eigenvalue weighted by atomic mass is 79.9. The van der Waals surface area contributed by atoms with E-state index in [0.29, 0.717) is 6.61 Å². The molecule has 0 spiro atoms. The number of alkyl halides is 1. The maximum Gasteiger partial charge on any atom is 0.128 e. The van der Waals surface area contributed by atoms with Crippen molar-refractivity contribution in [2.24, 2.45) is 0 Å². The molecule has 1 aromatic heterocycles. The highest BCUT2D eigenvalue weighted by Gasteiger charge is 2.01. The SMILES string of the molecule is BrCCOc1cccc2nnccc12. The van der Waals surface area contributed by atoms with Gasteiger partial charge in [-0.05, 0) is 18.2 Å². The summed E-state index contributed by atoms with van der Waals surface area (Å²) in [4.78, 5) is 0. The van der Waals surface area contributed by atoms with Crippen LogP contribution in [0.1, 0.15) is 0 Å². The molecule has 0 saturated carbocycles. The third kappa shape index (κ3) is 1.85. The first-order valence-electron chi connectivity index (χ1n) is 4.31. The number of ether oxygens (including phenoxy) is 1. The van der Waals surface area contributed by atoms with Gasteiger partial charge in [-0.3, -0.25) is 0 Å². The summed E-state index contributed by atoms with van der Waals surface area (Å²) in [6.07, 6.45) is 1.67. The molecule has 2 rings (SSSR count). The molecule has 0 N–H and O–H groups in total. The molecule has 0 bridgehead atoms. The van der Waals surface area contributed by atoms with Gasteiger partial charge in [0.2, 0.25) is 0 Å². The van der Waals surface area contributed by atoms with E-state index in [-0.39, 0.29) is 0 Å². The van der Waals surface area contributed by atoms with Gasteiger partial charge >= 0.3 is 0 Å². The van der Waals surface area contributed by atoms with E-state index in [4.69, 9.17) is 4.74 Å². The van der Waals surface area contributed by atoms with Crippen LogP contribution in [0.25, 0.3) is 10.9 Å². The van der Waals surface area contributed by atoms with Gasteiger partial charge in [-0.2, -0.15) is 10.2 Å². The normalized spacial score (nSPS) is 10.4. The largest absolute Gasteiger partial charge is 0.492 e. The summed E-state index contributed by atoms with van der Waals surface area (Å²) in [6.45, 7) is 0.654. The summed E-state index contributed by atoms with van der Waals surface area (Å²) in [5.41, 5.74) is 0.861. The molecule has 0 aliphatic heterocycles. The van der Waals surface area contributed by atoms with Gasteiger partial charge in [-0.1, -0.05) is 22.0 Å². The van der Waals surface area contributed by atoms with Crippen molar-refractivity contribution in [3.05, 3.63) is 30.5 Å². The molecule has 0 radical (unpaired) electrons. The molecule has 72 valence electrons. The third-order valence-corrected chi connectivity index (χ3v) is 2.17. The van der Waals surface area contributed by atoms with E-state index in [0.717, 1.165) is 22.0 Å². The van der Waals surface area contributed by atoms with Crippen LogP contribution in [0.3, 0.4) is 0 Å². The van der Waals surface area contributed by atoms with Crippen molar-refractivity contribution in [1.29, 1.82) is 0 Å². The standard InChI is InChI=1S/C10H9BrN2O/c11-5-7-14-10-3-1-2-9-8(10)4-6-12-13-9/h1-4,6H,5,7H2. The lowest BCUT2D eigenvalue weighted by atomic mass is 10.2. The molecule has 0 aliphatic carbocycles. The quantitative estimate of drug-likeness (QED) is 0.788. The van der Waals surface area contributed by atoms with Crippen LogP contribution in [0.4, 0.5) is 0 Å². The van der Waals surface area contributed by atoms with Gasteiger partial charge < -0.3 is 4.74 Å². The highest BCUT2D eigenvalue weighted by molar-refractivity contribution is 9.09. The number of hydrogen-bond donors (Lipinski definition) is 0. The first-order valence-corrected chi connectivity index (χ1v) is 5.43. The second-order valence-corrected chi connectivity index (χ2v) is 3.55. The van der Waals surface area contributed by atoms with Crippen LogP contribution in [0.2, 0.25) is 0 Å². The molecular weight excluding hydrogens is 244 g/mol. The van der Waals surface area contributed by atoms with Crippen molar-refractivity contribution in [3.63, 3.8) is 0 Å². The van der Waals surface area contributed by atoms with Crippen LogP contribution >= 0.6 is 15.9 Å². The van der Waals surface area contributed by atoms with Crippen molar-refractivity contribution >= 4 is 26.8 Å². The predicted molar refractivity (Wildman–Crippen MR) is 58.8 cm³/mol. The van der Waals surface area contributed by atoms with Crippen molar-refractivity contribution < 1.29 is 4.74 Å². The minimum absolute atomic E-state index is 0.654. The zero-order valence-corrected chi connectivity index (χ0v) is 9.07. The molecule has 3 nitrogen and oxygen atoms in total. The molecule has 0 amide bonds. The third-order valence-electron chi connectivity index (χ3n) is 1.85. The van der Waals surface area contributed by atoms with Crippen LogP contribution in [0.5, 0.6) is 5.75 Å². The van der Waals surface area contributed by atoms with Crippen molar-refractivity contribution in [2.75, 3.05) is 11.9 Å². The van der Waals surface area contributed by atoms with Gasteiger partial charge in [0.15, 0.2) is 0 Å². The molecule has 0 saturated heterocycles. The summed E-state index contributed by atoms with van der Waals surface area (Å²) in [7, 11) is 0. The lowest BCUT2D eigenvalue weighted by Gasteiger charge is -2.06. The zero-order chi connectivity index (χ0) is 9.80. The Kier molecular flexibility index (Phi) is 2.93. The van der Waals surface area contributed by atoms with Crippen LogP contribution in [0.15, 0.2) is 30.5 Å². The van der Waals surface area contributed by atoms with Crippen LogP contribution in [-0.4, -0.2) is 22.1 Å². The molecule has 1 heterocycles. The summed E-state index contributed by atoms with van der Waals surface area (Å²) < 4.78 is 5.55. The Hall–Kier alpha value is -1.16. The van der Waals surface area contributed by atoms with Crippen molar-refractivity contribution in [3.8, 4) is 5.75 Å². The first-order chi connectivity index (χ1) is 6.92. The van der Waals surface area contributed by atoms with Gasteiger partial charge in [0.05, 0.1) is 18.3 Å². The maximum atomic E-state index is 5.55. The Bertz CT molecular complexity index is 428. The topological polar surface area (TPSA) is 35.0 Å². The second-order valence-electron chi connectivity index (χ2n) is 2.76. The molecule has 14 heavy (non-hydrogen) atoms. The predicted octanol–water partition coefficient (Wildman–Crippen LogP) is 2.40. The number of benzene rings is 1. The Labute approximate surface area is 90.2 Å². The fourth-order valence-corrected chi connectivity index (χ4v) is 1.43. The van der Waals surface area contributed by atoms with E-state index in [9.17, 15) is 0 Å². The van der Waals surface area contributed by atoms with Crippen LogP contribution in [-0.2, 0) is 0 Å². The van der Waals surface area contributed by atoms with Gasteiger partial charge in [-0.15, -0.1) is 0 Å². The highest BCUT2D eigenvalue weighted by Crippen LogP contribution is 2.22. The number of fused-ring (bicyclic) bond motifs is 1. The Balaban J connectivity index is 2.43. The van der Waals surface area contributed by atoms with E-state index in [1.54, 1.807) is 6.20 Å². The molecule has 2 aromatic rings. The molecule has 0 aliphatic rings. The number of nitrogens with zero attached hydrogens (tertiary/aromatic N) is 2. The number of halogens is 1. The lowest BCUT2D eigenvalue weighted by Crippen LogP contribution is -1.98. The summed E-state index contributed by atoms with van der Waals surface area (Å²) in [6, 6.07) is 7.68. The smallest absolute Gasteiger partial charge is 0.128 e. The fourth-order valence-electron chi connectivity index (χ4n) is 1.26. The van der Waals surface area contributed by atoms with E-state index in [1.807, 2.05) is 24.3 Å². The minimum Gasteiger partial charge on any atom is -0.492 e. The Morgan fingerprint density at radius 1 is 1.29 bits per heavy atom. The van der Waals surface area contributed by atoms with Crippen molar-refractivity contribution in [2.45, 2.75) is 0 Å². The fraction of sp³-hybridized carbons (Fsp3) is 0.200. The number of rotatable bonds is 3. The molecular formula is C10H9BrN2O. The van der Waals surface area contributed by atoms with E-state index in [1.165, 1.54) is 0 Å². The van der Waals surface area contributed by atoms with Gasteiger partial charge in [0.1, 0.15) is 5.75 Å². The van der Waals surface area contributed by atoms with E-state index >= 15 is 0 Å². The molecule has 1 aromatic carbocycles. The second kappa shape index (κ2) is 4.37. The van der Waals surface area contributed by atoms with Crippen molar-refractivity contribution in [1.82, 2.24) is 10.2 Å². The first kappa shape index (κ1) is 9.40. The summed E-state index contributed by atoms with van der Waals surface area (Å²) in [5, 5.41) is 9.65. The van der Waals surface area contributed by atoms with Gasteiger partial charge in [-0.25, -0.2) is 0 Å². The van der Waals surface area contributed by atoms with E-state index in [2.05, 4.69) is 26.1 Å². The molecule has 0 atom stereocenters. The van der Waals surface area contributed by atoms with Crippen LogP contribution < -0.4 is 4.74 Å². The molecule has 0 fully saturated rings.